The maximum Gasteiger partial charge on any atom is 0.225 e. The molecule has 26 heavy (non-hydrogen) atoms. The van der Waals surface area contributed by atoms with Crippen LogP contribution in [0.15, 0.2) is 30.3 Å². The van der Waals surface area contributed by atoms with Gasteiger partial charge in [0.25, 0.3) is 0 Å². The molecular formula is C21H30FN3O. The number of halogens is 1. The van der Waals surface area contributed by atoms with E-state index in [4.69, 9.17) is 0 Å². The molecule has 142 valence electrons. The van der Waals surface area contributed by atoms with Crippen LogP contribution < -0.4 is 5.32 Å². The fourth-order valence-electron chi connectivity index (χ4n) is 2.71. The van der Waals surface area contributed by atoms with Crippen molar-refractivity contribution in [2.75, 3.05) is 5.32 Å². The lowest BCUT2D eigenvalue weighted by Crippen LogP contribution is -2.14. The molecule has 0 atom stereocenters. The zero-order chi connectivity index (χ0) is 19.2. The molecule has 0 saturated carbocycles. The molecule has 0 fully saturated rings. The van der Waals surface area contributed by atoms with Crippen LogP contribution in [0.1, 0.15) is 71.9 Å². The van der Waals surface area contributed by atoms with Gasteiger partial charge in [0.05, 0.1) is 11.4 Å². The summed E-state index contributed by atoms with van der Waals surface area (Å²) in [7, 11) is 0. The maximum atomic E-state index is 13.2. The van der Waals surface area contributed by atoms with Crippen molar-refractivity contribution in [3.05, 3.63) is 41.8 Å². The zero-order valence-corrected chi connectivity index (χ0v) is 16.3. The summed E-state index contributed by atoms with van der Waals surface area (Å²) < 4.78 is 14.9. The Morgan fingerprint density at radius 3 is 2.38 bits per heavy atom. The van der Waals surface area contributed by atoms with Gasteiger partial charge in [0.15, 0.2) is 0 Å². The molecule has 4 nitrogen and oxygen atoms in total. The van der Waals surface area contributed by atoms with Gasteiger partial charge in [-0.3, -0.25) is 4.79 Å². The second-order valence-corrected chi connectivity index (χ2v) is 7.77. The average molecular weight is 359 g/mol. The molecule has 0 saturated heterocycles. The number of unbranched alkanes of at least 4 members (excludes halogenated alkanes) is 4. The van der Waals surface area contributed by atoms with E-state index < -0.39 is 0 Å². The van der Waals surface area contributed by atoms with Crippen molar-refractivity contribution in [1.29, 1.82) is 0 Å². The first-order valence-electron chi connectivity index (χ1n) is 9.47. The van der Waals surface area contributed by atoms with E-state index in [1.54, 1.807) is 16.8 Å². The van der Waals surface area contributed by atoms with Crippen LogP contribution in [0, 0.1) is 5.82 Å². The highest BCUT2D eigenvalue weighted by Gasteiger charge is 2.21. The van der Waals surface area contributed by atoms with E-state index in [2.05, 4.69) is 38.1 Å². The predicted molar refractivity (Wildman–Crippen MR) is 104 cm³/mol. The second-order valence-electron chi connectivity index (χ2n) is 7.77. The normalized spacial score (nSPS) is 11.6. The quantitative estimate of drug-likeness (QED) is 0.623. The molecule has 1 aromatic heterocycles. The number of carbonyl (C=O) groups excluding carboxylic acids is 1. The first-order chi connectivity index (χ1) is 12.3. The number of nitrogens with one attached hydrogen (secondary N) is 1. The van der Waals surface area contributed by atoms with Crippen LogP contribution in [0.4, 0.5) is 10.2 Å². The Bertz CT molecular complexity index is 714. The van der Waals surface area contributed by atoms with E-state index in [1.807, 2.05) is 6.07 Å². The van der Waals surface area contributed by atoms with E-state index >= 15 is 0 Å². The minimum absolute atomic E-state index is 0.00906. The van der Waals surface area contributed by atoms with Gasteiger partial charge in [0.2, 0.25) is 5.91 Å². The van der Waals surface area contributed by atoms with E-state index in [-0.39, 0.29) is 17.1 Å². The molecule has 1 amide bonds. The largest absolute Gasteiger partial charge is 0.311 e. The Hall–Kier alpha value is -2.17. The van der Waals surface area contributed by atoms with Crippen molar-refractivity contribution in [2.24, 2.45) is 0 Å². The van der Waals surface area contributed by atoms with E-state index in [9.17, 15) is 9.18 Å². The zero-order valence-electron chi connectivity index (χ0n) is 16.3. The summed E-state index contributed by atoms with van der Waals surface area (Å²) in [4.78, 5) is 12.3. The number of carbonyl (C=O) groups is 1. The number of hydrogen-bond acceptors (Lipinski definition) is 2. The topological polar surface area (TPSA) is 46.9 Å². The second kappa shape index (κ2) is 8.97. The number of hydrogen-bond donors (Lipinski definition) is 1. The molecule has 0 spiro atoms. The Kier molecular flexibility index (Phi) is 6.95. The molecule has 1 aromatic carbocycles. The van der Waals surface area contributed by atoms with E-state index in [1.165, 1.54) is 31.4 Å². The Morgan fingerprint density at radius 2 is 1.77 bits per heavy atom. The SMILES string of the molecule is CCCCCCCC(=O)Nc1cc(C(C)(C)C)nn1-c1ccc(F)cc1. The first kappa shape index (κ1) is 20.1. The van der Waals surface area contributed by atoms with Gasteiger partial charge in [-0.05, 0) is 30.7 Å². The summed E-state index contributed by atoms with van der Waals surface area (Å²) >= 11 is 0. The van der Waals surface area contributed by atoms with E-state index in [0.29, 0.717) is 12.2 Å². The highest BCUT2D eigenvalue weighted by Crippen LogP contribution is 2.26. The van der Waals surface area contributed by atoms with Crippen LogP contribution in [0.25, 0.3) is 5.69 Å². The minimum atomic E-state index is -0.297. The maximum absolute atomic E-state index is 13.2. The molecule has 5 heteroatoms. The third-order valence-electron chi connectivity index (χ3n) is 4.32. The number of benzene rings is 1. The molecule has 1 N–H and O–H groups in total. The molecule has 0 unspecified atom stereocenters. The fourth-order valence-corrected chi connectivity index (χ4v) is 2.71. The molecule has 1 heterocycles. The van der Waals surface area contributed by atoms with Crippen molar-refractivity contribution in [3.63, 3.8) is 0 Å². The molecule has 0 aliphatic carbocycles. The number of nitrogens with zero attached hydrogens (tertiary/aromatic N) is 2. The molecular weight excluding hydrogens is 329 g/mol. The van der Waals surface area contributed by atoms with Crippen molar-refractivity contribution >= 4 is 11.7 Å². The third kappa shape index (κ3) is 5.68. The van der Waals surface area contributed by atoms with Gasteiger partial charge in [-0.1, -0.05) is 53.4 Å². The van der Waals surface area contributed by atoms with Gasteiger partial charge < -0.3 is 5.32 Å². The molecule has 0 radical (unpaired) electrons. The number of anilines is 1. The van der Waals surface area contributed by atoms with Gasteiger partial charge in [-0.2, -0.15) is 5.10 Å². The number of rotatable bonds is 8. The van der Waals surface area contributed by atoms with Gasteiger partial charge in [-0.15, -0.1) is 0 Å². The predicted octanol–water partition coefficient (Wildman–Crippen LogP) is 5.61. The summed E-state index contributed by atoms with van der Waals surface area (Å²) in [6.45, 7) is 8.40. The van der Waals surface area contributed by atoms with Crippen LogP contribution in [0.3, 0.4) is 0 Å². The Labute approximate surface area is 155 Å². The molecule has 0 bridgehead atoms. The van der Waals surface area contributed by atoms with Crippen molar-refractivity contribution in [3.8, 4) is 5.69 Å². The number of amides is 1. The van der Waals surface area contributed by atoms with Crippen molar-refractivity contribution in [2.45, 2.75) is 71.6 Å². The molecule has 0 aliphatic rings. The summed E-state index contributed by atoms with van der Waals surface area (Å²) in [6, 6.07) is 8.02. The lowest BCUT2D eigenvalue weighted by molar-refractivity contribution is -0.116. The average Bonchev–Trinajstić information content (AvgIpc) is 2.99. The van der Waals surface area contributed by atoms with Gasteiger partial charge in [0.1, 0.15) is 11.6 Å². The summed E-state index contributed by atoms with van der Waals surface area (Å²) in [5.41, 5.74) is 1.45. The van der Waals surface area contributed by atoms with Crippen LogP contribution in [-0.2, 0) is 10.2 Å². The lowest BCUT2D eigenvalue weighted by Gasteiger charge is -2.14. The van der Waals surface area contributed by atoms with Gasteiger partial charge in [-0.25, -0.2) is 9.07 Å². The summed E-state index contributed by atoms with van der Waals surface area (Å²) in [6.07, 6.45) is 6.05. The summed E-state index contributed by atoms with van der Waals surface area (Å²) in [5, 5.41) is 7.61. The first-order valence-corrected chi connectivity index (χ1v) is 9.47. The van der Waals surface area contributed by atoms with Crippen molar-refractivity contribution < 1.29 is 9.18 Å². The van der Waals surface area contributed by atoms with Crippen molar-refractivity contribution in [1.82, 2.24) is 9.78 Å². The van der Waals surface area contributed by atoms with E-state index in [0.717, 1.165) is 24.2 Å². The van der Waals surface area contributed by atoms with Crippen LogP contribution in [0.5, 0.6) is 0 Å². The number of aromatic nitrogens is 2. The van der Waals surface area contributed by atoms with Crippen LogP contribution in [-0.4, -0.2) is 15.7 Å². The van der Waals surface area contributed by atoms with Gasteiger partial charge >= 0.3 is 0 Å². The molecule has 2 aromatic rings. The summed E-state index contributed by atoms with van der Waals surface area (Å²) in [5.74, 6) is 0.319. The smallest absolute Gasteiger partial charge is 0.225 e. The molecule has 0 aliphatic heterocycles. The monoisotopic (exact) mass is 359 g/mol. The lowest BCUT2D eigenvalue weighted by atomic mass is 9.92. The Balaban J connectivity index is 2.14. The fraction of sp³-hybridized carbons (Fsp3) is 0.524. The Morgan fingerprint density at radius 1 is 1.12 bits per heavy atom. The highest BCUT2D eigenvalue weighted by atomic mass is 19.1. The highest BCUT2D eigenvalue weighted by molar-refractivity contribution is 5.90. The standard InChI is InChI=1S/C21H30FN3O/c1-5-6-7-8-9-10-20(26)23-19-15-18(21(2,3)4)24-25(19)17-13-11-16(22)12-14-17/h11-15H,5-10H2,1-4H3,(H,23,26). The third-order valence-corrected chi connectivity index (χ3v) is 4.32. The van der Waals surface area contributed by atoms with Gasteiger partial charge in [0, 0.05) is 17.9 Å². The minimum Gasteiger partial charge on any atom is -0.311 e. The van der Waals surface area contributed by atoms with Crippen LogP contribution >= 0.6 is 0 Å². The van der Waals surface area contributed by atoms with Crippen LogP contribution in [0.2, 0.25) is 0 Å². The molecule has 2 rings (SSSR count).